The summed E-state index contributed by atoms with van der Waals surface area (Å²) in [5.74, 6) is -2.51. The van der Waals surface area contributed by atoms with E-state index in [4.69, 9.17) is 25.5 Å². The van der Waals surface area contributed by atoms with Gasteiger partial charge in [0.05, 0.1) is 5.71 Å². The minimum Gasteiger partial charge on any atom is -0.478 e. The highest BCUT2D eigenvalue weighted by Gasteiger charge is 2.04. The first-order valence-electron chi connectivity index (χ1n) is 8.49. The predicted molar refractivity (Wildman–Crippen MR) is 103 cm³/mol. The number of methoxy groups -OCH3 is 1. The van der Waals surface area contributed by atoms with Gasteiger partial charge in [0.15, 0.2) is 0 Å². The lowest BCUT2D eigenvalue weighted by molar-refractivity contribution is -0.134. The first-order chi connectivity index (χ1) is 12.9. The molecule has 1 rings (SSSR count). The van der Waals surface area contributed by atoms with E-state index in [0.717, 1.165) is 37.1 Å². The van der Waals surface area contributed by atoms with Crippen LogP contribution in [-0.4, -0.2) is 54.7 Å². The van der Waals surface area contributed by atoms with Crippen LogP contribution < -0.4 is 5.73 Å². The number of nitrogens with two attached hydrogens (primary N) is 1. The number of hydrogen-bond donors (Lipinski definition) is 3. The molecule has 0 bridgehead atoms. The molecule has 27 heavy (non-hydrogen) atoms. The summed E-state index contributed by atoms with van der Waals surface area (Å²) < 4.78 is 5.06. The zero-order valence-electron chi connectivity index (χ0n) is 15.8. The van der Waals surface area contributed by atoms with Gasteiger partial charge in [-0.05, 0) is 31.7 Å². The van der Waals surface area contributed by atoms with Crippen LogP contribution in [0, 0.1) is 6.92 Å². The molecule has 1 aromatic rings. The van der Waals surface area contributed by atoms with E-state index < -0.39 is 11.9 Å². The molecule has 0 spiro atoms. The van der Waals surface area contributed by atoms with Crippen LogP contribution in [0.15, 0.2) is 41.6 Å². The van der Waals surface area contributed by atoms with Gasteiger partial charge in [-0.1, -0.05) is 35.0 Å². The van der Waals surface area contributed by atoms with Crippen molar-refractivity contribution in [2.24, 2.45) is 10.9 Å². The lowest BCUT2D eigenvalue weighted by atomic mass is 10.0. The van der Waals surface area contributed by atoms with Gasteiger partial charge in [0.1, 0.15) is 6.61 Å². The average Bonchev–Trinajstić information content (AvgIpc) is 2.63. The zero-order chi connectivity index (χ0) is 20.5. The molecule has 1 aromatic carbocycles. The van der Waals surface area contributed by atoms with Gasteiger partial charge in [0, 0.05) is 32.4 Å². The van der Waals surface area contributed by atoms with Crippen LogP contribution in [-0.2, 0) is 19.2 Å². The van der Waals surface area contributed by atoms with E-state index in [9.17, 15) is 9.59 Å². The Labute approximate surface area is 159 Å². The van der Waals surface area contributed by atoms with Crippen LogP contribution in [0.2, 0.25) is 0 Å². The largest absolute Gasteiger partial charge is 0.478 e. The predicted octanol–water partition coefficient (Wildman–Crippen LogP) is 2.20. The summed E-state index contributed by atoms with van der Waals surface area (Å²) in [5.41, 5.74) is 8.73. The third-order valence-corrected chi connectivity index (χ3v) is 3.15. The van der Waals surface area contributed by atoms with Crippen LogP contribution in [0.4, 0.5) is 0 Å². The van der Waals surface area contributed by atoms with Crippen LogP contribution in [0.25, 0.3) is 0 Å². The second kappa shape index (κ2) is 15.5. The molecule has 0 amide bonds. The molecule has 0 aliphatic rings. The van der Waals surface area contributed by atoms with E-state index in [1.807, 2.05) is 0 Å². The van der Waals surface area contributed by atoms with Gasteiger partial charge in [-0.3, -0.25) is 0 Å². The molecule has 0 saturated heterocycles. The summed E-state index contributed by atoms with van der Waals surface area (Å²) >= 11 is 0. The van der Waals surface area contributed by atoms with E-state index in [0.29, 0.717) is 25.3 Å². The van der Waals surface area contributed by atoms with Crippen LogP contribution in [0.3, 0.4) is 0 Å². The zero-order valence-corrected chi connectivity index (χ0v) is 15.8. The Balaban J connectivity index is 0.000000713. The maximum Gasteiger partial charge on any atom is 0.328 e. The number of oxime groups is 1. The molecule has 0 atom stereocenters. The fraction of sp³-hybridized carbons (Fsp3) is 0.421. The molecule has 0 unspecified atom stereocenters. The van der Waals surface area contributed by atoms with Crippen molar-refractivity contribution in [1.82, 2.24) is 0 Å². The number of carbonyl (C=O) groups is 2. The normalized spacial score (nSPS) is 11.0. The van der Waals surface area contributed by atoms with Crippen molar-refractivity contribution in [3.63, 3.8) is 0 Å². The van der Waals surface area contributed by atoms with Crippen molar-refractivity contribution in [3.8, 4) is 0 Å². The van der Waals surface area contributed by atoms with Crippen molar-refractivity contribution in [1.29, 1.82) is 0 Å². The number of carboxylic acid groups (broad SMARTS) is 2. The quantitative estimate of drug-likeness (QED) is 0.232. The van der Waals surface area contributed by atoms with Gasteiger partial charge in [-0.15, -0.1) is 0 Å². The van der Waals surface area contributed by atoms with E-state index >= 15 is 0 Å². The molecule has 0 radical (unpaired) electrons. The maximum absolute atomic E-state index is 9.55. The van der Waals surface area contributed by atoms with E-state index in [1.54, 1.807) is 7.11 Å². The lowest BCUT2D eigenvalue weighted by Gasteiger charge is -2.07. The van der Waals surface area contributed by atoms with Gasteiger partial charge in [0.25, 0.3) is 0 Å². The van der Waals surface area contributed by atoms with Crippen molar-refractivity contribution in [3.05, 3.63) is 47.5 Å². The molecule has 0 heterocycles. The highest BCUT2D eigenvalue weighted by atomic mass is 16.6. The van der Waals surface area contributed by atoms with Gasteiger partial charge in [-0.2, -0.15) is 0 Å². The summed E-state index contributed by atoms with van der Waals surface area (Å²) in [7, 11) is 1.72. The molecule has 4 N–H and O–H groups in total. The minimum atomic E-state index is -1.26. The number of nitrogens with zero attached hydrogens (tertiary/aromatic N) is 1. The number of aliphatic carboxylic acids is 2. The van der Waals surface area contributed by atoms with Crippen LogP contribution in [0.5, 0.6) is 0 Å². The summed E-state index contributed by atoms with van der Waals surface area (Å²) in [6.07, 6.45) is 4.06. The standard InChI is InChI=1S/C15H24N2O2.C4H4O4/c1-13-6-8-14(9-7-13)15(17-19-12-10-16)5-3-4-11-18-2;5-3(6)1-2-4(7)8/h6-9H,3-5,10-12,16H2,1-2H3;1-2H,(H,5,6)(H,7,8)/b17-15+;2-1-. The second-order valence-corrected chi connectivity index (χ2v) is 5.49. The van der Waals surface area contributed by atoms with Crippen LogP contribution in [0.1, 0.15) is 30.4 Å². The Morgan fingerprint density at radius 2 is 1.67 bits per heavy atom. The van der Waals surface area contributed by atoms with Crippen LogP contribution >= 0.6 is 0 Å². The summed E-state index contributed by atoms with van der Waals surface area (Å²) in [6, 6.07) is 8.33. The molecule has 0 aromatic heterocycles. The Hall–Kier alpha value is -2.71. The summed E-state index contributed by atoms with van der Waals surface area (Å²) in [4.78, 5) is 24.3. The number of aryl methyl sites for hydroxylation is 1. The molecular formula is C19H28N2O6. The highest BCUT2D eigenvalue weighted by Crippen LogP contribution is 2.10. The number of hydrogen-bond acceptors (Lipinski definition) is 6. The molecule has 8 heteroatoms. The smallest absolute Gasteiger partial charge is 0.328 e. The van der Waals surface area contributed by atoms with Crippen molar-refractivity contribution >= 4 is 17.7 Å². The molecule has 0 aliphatic carbocycles. The van der Waals surface area contributed by atoms with Crippen molar-refractivity contribution in [2.45, 2.75) is 26.2 Å². The Bertz CT molecular complexity index is 595. The van der Waals surface area contributed by atoms with E-state index in [2.05, 4.69) is 36.3 Å². The SMILES string of the molecule is COCCCC/C(=N\OCCN)c1ccc(C)cc1.O=C(O)/C=C\C(=O)O. The first-order valence-corrected chi connectivity index (χ1v) is 8.49. The van der Waals surface area contributed by atoms with Gasteiger partial charge >= 0.3 is 11.9 Å². The number of unbranched alkanes of at least 4 members (excludes halogenated alkanes) is 1. The monoisotopic (exact) mass is 380 g/mol. The number of rotatable bonds is 11. The molecular weight excluding hydrogens is 352 g/mol. The number of benzene rings is 1. The second-order valence-electron chi connectivity index (χ2n) is 5.49. The van der Waals surface area contributed by atoms with Gasteiger partial charge < -0.3 is 25.5 Å². The Kier molecular flexibility index (Phi) is 14.0. The van der Waals surface area contributed by atoms with E-state index in [1.165, 1.54) is 5.56 Å². The fourth-order valence-electron chi connectivity index (χ4n) is 1.85. The topological polar surface area (TPSA) is 131 Å². The molecule has 0 aliphatic heterocycles. The first kappa shape index (κ1) is 24.3. The fourth-order valence-corrected chi connectivity index (χ4v) is 1.85. The summed E-state index contributed by atoms with van der Waals surface area (Å²) in [5, 5.41) is 19.8. The highest BCUT2D eigenvalue weighted by molar-refractivity contribution is 6.00. The Morgan fingerprint density at radius 3 is 2.15 bits per heavy atom. The number of carboxylic acids is 2. The average molecular weight is 380 g/mol. The van der Waals surface area contributed by atoms with Crippen molar-refractivity contribution < 1.29 is 29.4 Å². The molecule has 150 valence electrons. The Morgan fingerprint density at radius 1 is 1.07 bits per heavy atom. The van der Waals surface area contributed by atoms with Gasteiger partial charge in [-0.25, -0.2) is 9.59 Å². The summed E-state index contributed by atoms with van der Waals surface area (Å²) in [6.45, 7) is 3.79. The third kappa shape index (κ3) is 14.2. The molecule has 8 nitrogen and oxygen atoms in total. The molecule has 0 saturated carbocycles. The minimum absolute atomic E-state index is 0.452. The number of ether oxygens (including phenoxy) is 1. The molecule has 0 fully saturated rings. The van der Waals surface area contributed by atoms with E-state index in [-0.39, 0.29) is 0 Å². The maximum atomic E-state index is 9.55. The third-order valence-electron chi connectivity index (χ3n) is 3.15. The van der Waals surface area contributed by atoms with Crippen molar-refractivity contribution in [2.75, 3.05) is 26.9 Å². The van der Waals surface area contributed by atoms with Gasteiger partial charge in [0.2, 0.25) is 0 Å². The lowest BCUT2D eigenvalue weighted by Crippen LogP contribution is -2.08.